The number of aromatic carboxylic acids is 1. The Balaban J connectivity index is 2.25. The number of nitrogens with zero attached hydrogens (tertiary/aromatic N) is 3. The molecule has 1 aromatic heterocycles. The van der Waals surface area contributed by atoms with Crippen molar-refractivity contribution in [2.24, 2.45) is 5.10 Å². The fourth-order valence-corrected chi connectivity index (χ4v) is 2.27. The van der Waals surface area contributed by atoms with E-state index in [1.165, 1.54) is 30.5 Å². The minimum Gasteiger partial charge on any atom is -0.476 e. The van der Waals surface area contributed by atoms with Crippen molar-refractivity contribution < 1.29 is 14.8 Å². The van der Waals surface area contributed by atoms with Crippen LogP contribution in [0, 0.1) is 10.1 Å². The van der Waals surface area contributed by atoms with E-state index in [9.17, 15) is 14.9 Å². The lowest BCUT2D eigenvalue weighted by molar-refractivity contribution is -0.384. The van der Waals surface area contributed by atoms with Crippen LogP contribution in [0.2, 0.25) is 15.2 Å². The first-order valence-corrected chi connectivity index (χ1v) is 7.26. The summed E-state index contributed by atoms with van der Waals surface area (Å²) in [7, 11) is 0. The molecule has 11 heteroatoms. The standard InChI is InChI=1S/C13H7Cl3N4O4/c14-8-10(9(15)12(16)18-11(8)13(21)22)19-17-5-6-1-3-7(4-2-6)20(23)24/h1-5H,(H,18,19)(H,21,22). The lowest BCUT2D eigenvalue weighted by Crippen LogP contribution is -2.05. The molecule has 0 saturated heterocycles. The molecule has 0 aliphatic rings. The van der Waals surface area contributed by atoms with Gasteiger partial charge in [0.1, 0.15) is 10.0 Å². The van der Waals surface area contributed by atoms with Crippen LogP contribution in [0.25, 0.3) is 0 Å². The Hall–Kier alpha value is -2.42. The molecular formula is C13H7Cl3N4O4. The summed E-state index contributed by atoms with van der Waals surface area (Å²) in [5.74, 6) is -1.37. The van der Waals surface area contributed by atoms with E-state index in [0.29, 0.717) is 5.56 Å². The van der Waals surface area contributed by atoms with E-state index in [0.717, 1.165) is 0 Å². The molecule has 0 aliphatic heterocycles. The van der Waals surface area contributed by atoms with Gasteiger partial charge in [-0.3, -0.25) is 15.5 Å². The maximum atomic E-state index is 11.0. The van der Waals surface area contributed by atoms with Crippen molar-refractivity contribution in [3.63, 3.8) is 0 Å². The smallest absolute Gasteiger partial charge is 0.356 e. The quantitative estimate of drug-likeness (QED) is 0.344. The molecule has 0 atom stereocenters. The fourth-order valence-electron chi connectivity index (χ4n) is 1.61. The van der Waals surface area contributed by atoms with E-state index in [1.54, 1.807) is 0 Å². The Labute approximate surface area is 149 Å². The van der Waals surface area contributed by atoms with Gasteiger partial charge in [-0.1, -0.05) is 34.8 Å². The molecule has 124 valence electrons. The second-order valence-corrected chi connectivity index (χ2v) is 5.39. The maximum Gasteiger partial charge on any atom is 0.356 e. The molecule has 0 radical (unpaired) electrons. The van der Waals surface area contributed by atoms with E-state index < -0.39 is 16.6 Å². The van der Waals surface area contributed by atoms with Crippen LogP contribution in [0.15, 0.2) is 29.4 Å². The van der Waals surface area contributed by atoms with E-state index in [1.807, 2.05) is 0 Å². The SMILES string of the molecule is O=C(O)c1nc(Cl)c(Cl)c(NN=Cc2ccc([N+](=O)[O-])cc2)c1Cl. The number of nitro benzene ring substituents is 1. The Bertz CT molecular complexity index is 840. The Morgan fingerprint density at radius 2 is 1.88 bits per heavy atom. The third kappa shape index (κ3) is 3.91. The Morgan fingerprint density at radius 1 is 1.25 bits per heavy atom. The number of carboxylic acid groups (broad SMARTS) is 1. The van der Waals surface area contributed by atoms with Gasteiger partial charge < -0.3 is 5.11 Å². The number of benzene rings is 1. The number of hydrazone groups is 1. The number of hydrogen-bond donors (Lipinski definition) is 2. The van der Waals surface area contributed by atoms with Gasteiger partial charge in [0.25, 0.3) is 5.69 Å². The van der Waals surface area contributed by atoms with E-state index in [2.05, 4.69) is 15.5 Å². The summed E-state index contributed by atoms with van der Waals surface area (Å²) in [6, 6.07) is 5.59. The summed E-state index contributed by atoms with van der Waals surface area (Å²) >= 11 is 17.6. The largest absolute Gasteiger partial charge is 0.476 e. The lowest BCUT2D eigenvalue weighted by Gasteiger charge is -2.09. The van der Waals surface area contributed by atoms with Crippen LogP contribution in [0.3, 0.4) is 0 Å². The van der Waals surface area contributed by atoms with Crippen LogP contribution in [0.1, 0.15) is 16.1 Å². The zero-order chi connectivity index (χ0) is 17.9. The first-order chi connectivity index (χ1) is 11.3. The van der Waals surface area contributed by atoms with Crippen molar-refractivity contribution in [1.29, 1.82) is 0 Å². The van der Waals surface area contributed by atoms with Crippen LogP contribution < -0.4 is 5.43 Å². The zero-order valence-corrected chi connectivity index (χ0v) is 13.8. The highest BCUT2D eigenvalue weighted by molar-refractivity contribution is 6.46. The third-order valence-corrected chi connectivity index (χ3v) is 3.84. The number of nitrogens with one attached hydrogen (secondary N) is 1. The monoisotopic (exact) mass is 388 g/mol. The number of carboxylic acids is 1. The minimum absolute atomic E-state index is 0.0195. The highest BCUT2D eigenvalue weighted by Gasteiger charge is 2.20. The van der Waals surface area contributed by atoms with Gasteiger partial charge in [0.2, 0.25) is 0 Å². The van der Waals surface area contributed by atoms with Gasteiger partial charge >= 0.3 is 5.97 Å². The first kappa shape index (κ1) is 17.9. The van der Waals surface area contributed by atoms with Crippen molar-refractivity contribution >= 4 is 58.4 Å². The van der Waals surface area contributed by atoms with Crippen molar-refractivity contribution in [3.8, 4) is 0 Å². The number of non-ortho nitro benzene ring substituents is 1. The summed E-state index contributed by atoms with van der Waals surface area (Å²) in [5.41, 5.74) is 2.49. The van der Waals surface area contributed by atoms with Crippen molar-refractivity contribution in [2.75, 3.05) is 5.43 Å². The Morgan fingerprint density at radius 3 is 2.42 bits per heavy atom. The summed E-state index contributed by atoms with van der Waals surface area (Å²) in [6.45, 7) is 0. The number of rotatable bonds is 5. The van der Waals surface area contributed by atoms with Gasteiger partial charge in [0.15, 0.2) is 10.8 Å². The van der Waals surface area contributed by atoms with E-state index >= 15 is 0 Å². The molecule has 1 aromatic carbocycles. The minimum atomic E-state index is -1.37. The molecule has 0 fully saturated rings. The van der Waals surface area contributed by atoms with Gasteiger partial charge in [-0.25, -0.2) is 9.78 Å². The molecule has 24 heavy (non-hydrogen) atoms. The molecule has 0 unspecified atom stereocenters. The molecule has 0 saturated carbocycles. The van der Waals surface area contributed by atoms with E-state index in [-0.39, 0.29) is 26.6 Å². The van der Waals surface area contributed by atoms with Crippen LogP contribution in [0.4, 0.5) is 11.4 Å². The summed E-state index contributed by atoms with van der Waals surface area (Å²) in [5, 5.41) is 22.8. The molecule has 2 aromatic rings. The van der Waals surface area contributed by atoms with Gasteiger partial charge in [-0.2, -0.15) is 5.10 Å². The summed E-state index contributed by atoms with van der Waals surface area (Å²) in [4.78, 5) is 24.7. The molecule has 0 amide bonds. The third-order valence-electron chi connectivity index (χ3n) is 2.73. The Kier molecular flexibility index (Phi) is 5.55. The molecular weight excluding hydrogens is 383 g/mol. The first-order valence-electron chi connectivity index (χ1n) is 6.12. The van der Waals surface area contributed by atoms with Gasteiger partial charge in [0, 0.05) is 12.1 Å². The lowest BCUT2D eigenvalue weighted by atomic mass is 10.2. The zero-order valence-electron chi connectivity index (χ0n) is 11.5. The number of halogens is 3. The molecule has 1 heterocycles. The van der Waals surface area contributed by atoms with Gasteiger partial charge in [-0.15, -0.1) is 0 Å². The number of carbonyl (C=O) groups is 1. The molecule has 0 aliphatic carbocycles. The second-order valence-electron chi connectivity index (χ2n) is 4.28. The number of aromatic nitrogens is 1. The average molecular weight is 390 g/mol. The topological polar surface area (TPSA) is 118 Å². The number of nitro groups is 1. The van der Waals surface area contributed by atoms with Crippen molar-refractivity contribution in [2.45, 2.75) is 0 Å². The highest BCUT2D eigenvalue weighted by Crippen LogP contribution is 2.36. The molecule has 0 bridgehead atoms. The number of pyridine rings is 1. The van der Waals surface area contributed by atoms with Crippen LogP contribution in [-0.4, -0.2) is 27.2 Å². The molecule has 0 spiro atoms. The van der Waals surface area contributed by atoms with Gasteiger partial charge in [-0.05, 0) is 17.7 Å². The number of anilines is 1. The molecule has 8 nitrogen and oxygen atoms in total. The van der Waals surface area contributed by atoms with Crippen molar-refractivity contribution in [1.82, 2.24) is 4.98 Å². The fraction of sp³-hybridized carbons (Fsp3) is 0. The summed E-state index contributed by atoms with van der Waals surface area (Å²) in [6.07, 6.45) is 1.34. The highest BCUT2D eigenvalue weighted by atomic mass is 35.5. The van der Waals surface area contributed by atoms with Crippen LogP contribution in [-0.2, 0) is 0 Å². The number of hydrogen-bond acceptors (Lipinski definition) is 6. The average Bonchev–Trinajstić information content (AvgIpc) is 2.54. The summed E-state index contributed by atoms with van der Waals surface area (Å²) < 4.78 is 0. The maximum absolute atomic E-state index is 11.0. The van der Waals surface area contributed by atoms with Crippen LogP contribution >= 0.6 is 34.8 Å². The second kappa shape index (κ2) is 7.43. The van der Waals surface area contributed by atoms with Crippen molar-refractivity contribution in [3.05, 3.63) is 60.8 Å². The molecule has 2 N–H and O–H groups in total. The van der Waals surface area contributed by atoms with E-state index in [4.69, 9.17) is 39.9 Å². The predicted molar refractivity (Wildman–Crippen MR) is 90.5 cm³/mol. The van der Waals surface area contributed by atoms with Gasteiger partial charge in [0.05, 0.1) is 16.8 Å². The molecule has 2 rings (SSSR count). The van der Waals surface area contributed by atoms with Crippen LogP contribution in [0.5, 0.6) is 0 Å². The predicted octanol–water partition coefficient (Wildman–Crippen LogP) is 4.09. The normalized spacial score (nSPS) is 10.8.